The minimum atomic E-state index is -0.628. The number of rotatable bonds is 2. The van der Waals surface area contributed by atoms with Crippen molar-refractivity contribution in [1.29, 1.82) is 0 Å². The summed E-state index contributed by atoms with van der Waals surface area (Å²) in [7, 11) is 0. The normalized spacial score (nSPS) is 27.5. The number of piperidine rings is 1. The van der Waals surface area contributed by atoms with Crippen molar-refractivity contribution in [2.45, 2.75) is 43.9 Å². The summed E-state index contributed by atoms with van der Waals surface area (Å²) in [5.74, 6) is 0.0000231. The third-order valence-electron chi connectivity index (χ3n) is 4.34. The van der Waals surface area contributed by atoms with Gasteiger partial charge in [0.15, 0.2) is 0 Å². The topological polar surface area (TPSA) is 95.7 Å². The summed E-state index contributed by atoms with van der Waals surface area (Å²) in [5, 5.41) is 12.3. The molecule has 2 fully saturated rings. The lowest BCUT2D eigenvalue weighted by Gasteiger charge is -2.37. The van der Waals surface area contributed by atoms with Gasteiger partial charge in [0.1, 0.15) is 0 Å². The molecule has 3 rings (SSSR count). The van der Waals surface area contributed by atoms with Gasteiger partial charge in [-0.25, -0.2) is 4.79 Å². The van der Waals surface area contributed by atoms with Crippen LogP contribution in [-0.2, 0) is 0 Å². The maximum atomic E-state index is 12.6. The smallest absolute Gasteiger partial charge is 0.316 e. The van der Waals surface area contributed by atoms with Crippen LogP contribution >= 0.6 is 0 Å². The van der Waals surface area contributed by atoms with E-state index in [1.54, 1.807) is 24.3 Å². The fraction of sp³-hybridized carbons (Fsp3) is 0.467. The predicted molar refractivity (Wildman–Crippen MR) is 77.9 cm³/mol. The molecule has 2 unspecified atom stereocenters. The molecule has 1 aromatic rings. The number of aliphatic hydroxyl groups excluding tert-OH is 1. The summed E-state index contributed by atoms with van der Waals surface area (Å²) < 4.78 is 0. The lowest BCUT2D eigenvalue weighted by Crippen LogP contribution is -2.47. The van der Waals surface area contributed by atoms with E-state index in [1.165, 1.54) is 0 Å². The van der Waals surface area contributed by atoms with Crippen molar-refractivity contribution in [3.05, 3.63) is 29.8 Å². The summed E-state index contributed by atoms with van der Waals surface area (Å²) in [4.78, 5) is 25.3. The Balaban J connectivity index is 1.75. The maximum Gasteiger partial charge on any atom is 0.316 e. The number of urea groups is 1. The monoisotopic (exact) mass is 289 g/mol. The first kappa shape index (κ1) is 13.9. The molecule has 2 atom stereocenters. The van der Waals surface area contributed by atoms with E-state index < -0.39 is 6.03 Å². The Bertz CT molecular complexity index is 544. The van der Waals surface area contributed by atoms with Crippen molar-refractivity contribution in [2.24, 2.45) is 5.73 Å². The fourth-order valence-corrected chi connectivity index (χ4v) is 3.47. The van der Waals surface area contributed by atoms with E-state index in [2.05, 4.69) is 5.32 Å². The van der Waals surface area contributed by atoms with Crippen molar-refractivity contribution in [3.8, 4) is 0 Å². The number of aliphatic hydroxyl groups is 1. The number of anilines is 1. The van der Waals surface area contributed by atoms with Gasteiger partial charge in [-0.2, -0.15) is 0 Å². The molecule has 2 bridgehead atoms. The Kier molecular flexibility index (Phi) is 3.55. The third kappa shape index (κ3) is 2.71. The van der Waals surface area contributed by atoms with Crippen LogP contribution in [-0.4, -0.2) is 40.1 Å². The van der Waals surface area contributed by atoms with Gasteiger partial charge in [0.25, 0.3) is 5.91 Å². The molecule has 2 aliphatic rings. The molecule has 0 radical (unpaired) electrons. The van der Waals surface area contributed by atoms with Crippen molar-refractivity contribution < 1.29 is 14.7 Å². The van der Waals surface area contributed by atoms with Gasteiger partial charge in [-0.15, -0.1) is 0 Å². The van der Waals surface area contributed by atoms with Gasteiger partial charge in [-0.1, -0.05) is 0 Å². The highest BCUT2D eigenvalue weighted by atomic mass is 16.3. The van der Waals surface area contributed by atoms with Gasteiger partial charge in [-0.3, -0.25) is 4.79 Å². The number of hydrogen-bond acceptors (Lipinski definition) is 3. The summed E-state index contributed by atoms with van der Waals surface area (Å²) in [6, 6.07) is 6.38. The number of amides is 3. The van der Waals surface area contributed by atoms with Crippen molar-refractivity contribution in [3.63, 3.8) is 0 Å². The first-order chi connectivity index (χ1) is 10.0. The van der Waals surface area contributed by atoms with Gasteiger partial charge in [0.05, 0.1) is 6.10 Å². The number of nitrogens with two attached hydrogens (primary N) is 1. The average molecular weight is 289 g/mol. The standard InChI is InChI=1S/C15H19N3O3/c16-15(21)17-10-3-1-9(2-4-10)14(20)18-11-5-6-12(18)8-13(19)7-11/h1-4,11-13,19H,5-8H2,(H3,16,17,21). The number of carbonyl (C=O) groups is 2. The van der Waals surface area contributed by atoms with E-state index in [0.29, 0.717) is 24.1 Å². The molecule has 2 saturated heterocycles. The van der Waals surface area contributed by atoms with Crippen LogP contribution in [0.25, 0.3) is 0 Å². The Hall–Kier alpha value is -2.08. The predicted octanol–water partition coefficient (Wildman–Crippen LogP) is 1.31. The SMILES string of the molecule is NC(=O)Nc1ccc(C(=O)N2C3CCC2CC(O)C3)cc1. The van der Waals surface area contributed by atoms with E-state index in [9.17, 15) is 14.7 Å². The molecule has 112 valence electrons. The van der Waals surface area contributed by atoms with Crippen LogP contribution < -0.4 is 11.1 Å². The number of fused-ring (bicyclic) bond motifs is 2. The number of nitrogens with zero attached hydrogens (tertiary/aromatic N) is 1. The maximum absolute atomic E-state index is 12.6. The van der Waals surface area contributed by atoms with Crippen LogP contribution in [0.4, 0.5) is 10.5 Å². The van der Waals surface area contributed by atoms with E-state index in [-0.39, 0.29) is 24.1 Å². The molecule has 2 heterocycles. The Morgan fingerprint density at radius 1 is 1.14 bits per heavy atom. The van der Waals surface area contributed by atoms with Gasteiger partial charge in [0, 0.05) is 23.3 Å². The second-order valence-corrected chi connectivity index (χ2v) is 5.79. The summed E-state index contributed by atoms with van der Waals surface area (Å²) in [5.41, 5.74) is 6.21. The first-order valence-corrected chi connectivity index (χ1v) is 7.22. The molecular weight excluding hydrogens is 270 g/mol. The summed E-state index contributed by atoms with van der Waals surface area (Å²) in [6.07, 6.45) is 2.99. The first-order valence-electron chi connectivity index (χ1n) is 7.22. The Morgan fingerprint density at radius 3 is 2.24 bits per heavy atom. The number of carbonyl (C=O) groups excluding carboxylic acids is 2. The zero-order valence-electron chi connectivity index (χ0n) is 11.7. The second-order valence-electron chi connectivity index (χ2n) is 5.79. The molecule has 0 spiro atoms. The highest BCUT2D eigenvalue weighted by Gasteiger charge is 2.42. The van der Waals surface area contributed by atoms with Gasteiger partial charge in [0.2, 0.25) is 0 Å². The zero-order valence-corrected chi connectivity index (χ0v) is 11.7. The van der Waals surface area contributed by atoms with Crippen LogP contribution in [0, 0.1) is 0 Å². The minimum absolute atomic E-state index is 0.0000231. The van der Waals surface area contributed by atoms with Crippen LogP contribution in [0.5, 0.6) is 0 Å². The molecule has 1 aromatic carbocycles. The fourth-order valence-electron chi connectivity index (χ4n) is 3.47. The number of primary amides is 1. The molecule has 0 aliphatic carbocycles. The van der Waals surface area contributed by atoms with Crippen LogP contribution in [0.2, 0.25) is 0 Å². The lowest BCUT2D eigenvalue weighted by molar-refractivity contribution is 0.0287. The number of nitrogens with one attached hydrogen (secondary N) is 1. The molecule has 2 aliphatic heterocycles. The van der Waals surface area contributed by atoms with Crippen LogP contribution in [0.3, 0.4) is 0 Å². The highest BCUT2D eigenvalue weighted by molar-refractivity contribution is 5.96. The number of hydrogen-bond donors (Lipinski definition) is 3. The third-order valence-corrected chi connectivity index (χ3v) is 4.34. The molecule has 6 heteroatoms. The van der Waals surface area contributed by atoms with Gasteiger partial charge >= 0.3 is 6.03 Å². The summed E-state index contributed by atoms with van der Waals surface area (Å²) in [6.45, 7) is 0. The summed E-state index contributed by atoms with van der Waals surface area (Å²) >= 11 is 0. The average Bonchev–Trinajstić information content (AvgIpc) is 2.70. The quantitative estimate of drug-likeness (QED) is 0.765. The Morgan fingerprint density at radius 2 is 1.71 bits per heavy atom. The van der Waals surface area contributed by atoms with Crippen molar-refractivity contribution in [1.82, 2.24) is 4.90 Å². The molecule has 21 heavy (non-hydrogen) atoms. The van der Waals surface area contributed by atoms with Crippen molar-refractivity contribution in [2.75, 3.05) is 5.32 Å². The van der Waals surface area contributed by atoms with E-state index in [1.807, 2.05) is 4.90 Å². The molecule has 6 nitrogen and oxygen atoms in total. The van der Waals surface area contributed by atoms with Crippen molar-refractivity contribution >= 4 is 17.6 Å². The minimum Gasteiger partial charge on any atom is -0.393 e. The van der Waals surface area contributed by atoms with E-state index in [0.717, 1.165) is 12.8 Å². The van der Waals surface area contributed by atoms with Gasteiger partial charge in [-0.05, 0) is 49.9 Å². The zero-order chi connectivity index (χ0) is 15.0. The van der Waals surface area contributed by atoms with Crippen LogP contribution in [0.1, 0.15) is 36.0 Å². The van der Waals surface area contributed by atoms with E-state index >= 15 is 0 Å². The largest absolute Gasteiger partial charge is 0.393 e. The molecular formula is C15H19N3O3. The number of benzene rings is 1. The molecule has 0 aromatic heterocycles. The molecule has 3 amide bonds. The lowest BCUT2D eigenvalue weighted by atomic mass is 9.98. The van der Waals surface area contributed by atoms with Crippen LogP contribution in [0.15, 0.2) is 24.3 Å². The second kappa shape index (κ2) is 5.37. The highest BCUT2D eigenvalue weighted by Crippen LogP contribution is 2.36. The Labute approximate surface area is 122 Å². The van der Waals surface area contributed by atoms with E-state index in [4.69, 9.17) is 5.73 Å². The molecule has 4 N–H and O–H groups in total. The van der Waals surface area contributed by atoms with Gasteiger partial charge < -0.3 is 21.1 Å². The molecule has 0 saturated carbocycles.